The van der Waals surface area contributed by atoms with E-state index in [1.54, 1.807) is 7.11 Å². The lowest BCUT2D eigenvalue weighted by Crippen LogP contribution is -2.47. The number of nitrogens with zero attached hydrogens (tertiary/aromatic N) is 4. The number of hydrogen-bond acceptors (Lipinski definition) is 5. The van der Waals surface area contributed by atoms with Gasteiger partial charge in [0.15, 0.2) is 5.11 Å². The van der Waals surface area contributed by atoms with Crippen LogP contribution in [0.4, 0.5) is 0 Å². The van der Waals surface area contributed by atoms with Crippen LogP contribution in [0.1, 0.15) is 30.1 Å². The predicted octanol–water partition coefficient (Wildman–Crippen LogP) is 2.33. The summed E-state index contributed by atoms with van der Waals surface area (Å²) in [5.41, 5.74) is 1.25. The first-order valence-electron chi connectivity index (χ1n) is 11.2. The molecule has 0 aliphatic carbocycles. The van der Waals surface area contributed by atoms with E-state index in [4.69, 9.17) is 26.7 Å². The fourth-order valence-corrected chi connectivity index (χ4v) is 4.62. The van der Waals surface area contributed by atoms with Gasteiger partial charge in [0.05, 0.1) is 20.3 Å². The SMILES string of the molecule is COc1ccc(Cn2ccnc2C2CCN(C(=S)NCCN3CCOCC3)CC2)cc1. The van der Waals surface area contributed by atoms with Crippen molar-refractivity contribution < 1.29 is 9.47 Å². The van der Waals surface area contributed by atoms with Gasteiger partial charge in [0.2, 0.25) is 0 Å². The van der Waals surface area contributed by atoms with Crippen molar-refractivity contribution in [1.29, 1.82) is 0 Å². The molecule has 31 heavy (non-hydrogen) atoms. The van der Waals surface area contributed by atoms with E-state index in [0.717, 1.165) is 82.7 Å². The molecular formula is C23H33N5O2S. The largest absolute Gasteiger partial charge is 0.497 e. The maximum absolute atomic E-state index is 5.65. The van der Waals surface area contributed by atoms with Gasteiger partial charge in [-0.3, -0.25) is 4.90 Å². The van der Waals surface area contributed by atoms with E-state index in [9.17, 15) is 0 Å². The molecule has 2 saturated heterocycles. The topological polar surface area (TPSA) is 54.8 Å². The van der Waals surface area contributed by atoms with Gasteiger partial charge in [0.25, 0.3) is 0 Å². The van der Waals surface area contributed by atoms with Crippen molar-refractivity contribution >= 4 is 17.3 Å². The number of rotatable bonds is 7. The zero-order chi connectivity index (χ0) is 21.5. The first-order chi connectivity index (χ1) is 15.2. The van der Waals surface area contributed by atoms with Crippen LogP contribution in [0.25, 0.3) is 0 Å². The molecule has 0 radical (unpaired) electrons. The Morgan fingerprint density at radius 3 is 2.61 bits per heavy atom. The lowest BCUT2D eigenvalue weighted by atomic mass is 9.96. The van der Waals surface area contributed by atoms with Crippen LogP contribution < -0.4 is 10.1 Å². The van der Waals surface area contributed by atoms with Gasteiger partial charge in [-0.15, -0.1) is 0 Å². The van der Waals surface area contributed by atoms with Crippen LogP contribution in [-0.4, -0.2) is 84.1 Å². The molecule has 0 unspecified atom stereocenters. The molecule has 2 aliphatic rings. The summed E-state index contributed by atoms with van der Waals surface area (Å²) in [7, 11) is 1.70. The molecule has 4 rings (SSSR count). The number of methoxy groups -OCH3 is 1. The van der Waals surface area contributed by atoms with Gasteiger partial charge in [-0.25, -0.2) is 4.98 Å². The maximum Gasteiger partial charge on any atom is 0.168 e. The highest BCUT2D eigenvalue weighted by Gasteiger charge is 2.25. The van der Waals surface area contributed by atoms with Crippen molar-refractivity contribution in [3.8, 4) is 5.75 Å². The summed E-state index contributed by atoms with van der Waals surface area (Å²) in [5, 5.41) is 4.33. The normalized spacial score (nSPS) is 18.2. The number of hydrogen-bond donors (Lipinski definition) is 1. The van der Waals surface area contributed by atoms with Crippen LogP contribution in [0.3, 0.4) is 0 Å². The summed E-state index contributed by atoms with van der Waals surface area (Å²) in [5.74, 6) is 2.54. The molecule has 1 aromatic carbocycles. The number of benzene rings is 1. The van der Waals surface area contributed by atoms with E-state index in [-0.39, 0.29) is 0 Å². The van der Waals surface area contributed by atoms with Crippen molar-refractivity contribution in [2.45, 2.75) is 25.3 Å². The molecule has 1 aromatic heterocycles. The summed E-state index contributed by atoms with van der Waals surface area (Å²) >= 11 is 5.65. The van der Waals surface area contributed by atoms with E-state index in [2.05, 4.69) is 38.0 Å². The van der Waals surface area contributed by atoms with Gasteiger partial charge < -0.3 is 24.3 Å². The number of imidazole rings is 1. The van der Waals surface area contributed by atoms with Crippen LogP contribution in [-0.2, 0) is 11.3 Å². The monoisotopic (exact) mass is 443 g/mol. The Bertz CT molecular complexity index is 827. The van der Waals surface area contributed by atoms with Crippen molar-refractivity contribution in [2.75, 3.05) is 59.6 Å². The number of thiocarbonyl (C=S) groups is 1. The minimum Gasteiger partial charge on any atom is -0.497 e. The number of morpholine rings is 1. The summed E-state index contributed by atoms with van der Waals surface area (Å²) in [4.78, 5) is 9.43. The second-order valence-corrected chi connectivity index (χ2v) is 8.60. The first kappa shape index (κ1) is 22.0. The third kappa shape index (κ3) is 5.96. The summed E-state index contributed by atoms with van der Waals surface area (Å²) in [6, 6.07) is 8.26. The van der Waals surface area contributed by atoms with Crippen molar-refractivity contribution in [2.24, 2.45) is 0 Å². The van der Waals surface area contributed by atoms with Crippen LogP contribution in [0, 0.1) is 0 Å². The minimum atomic E-state index is 0.473. The molecule has 0 bridgehead atoms. The molecule has 0 saturated carbocycles. The van der Waals surface area contributed by atoms with Gasteiger partial charge >= 0.3 is 0 Å². The highest BCUT2D eigenvalue weighted by atomic mass is 32.1. The fourth-order valence-electron chi connectivity index (χ4n) is 4.34. The second-order valence-electron chi connectivity index (χ2n) is 8.21. The van der Waals surface area contributed by atoms with E-state index < -0.39 is 0 Å². The van der Waals surface area contributed by atoms with E-state index in [1.165, 1.54) is 11.4 Å². The Labute approximate surface area is 190 Å². The van der Waals surface area contributed by atoms with Gasteiger partial charge in [-0.2, -0.15) is 0 Å². The molecule has 0 spiro atoms. The zero-order valence-electron chi connectivity index (χ0n) is 18.3. The minimum absolute atomic E-state index is 0.473. The number of ether oxygens (including phenoxy) is 2. The Kier molecular flexibility index (Phi) is 7.77. The van der Waals surface area contributed by atoms with E-state index in [1.807, 2.05) is 18.3 Å². The van der Waals surface area contributed by atoms with Gasteiger partial charge in [0.1, 0.15) is 11.6 Å². The Balaban J connectivity index is 1.24. The molecule has 3 heterocycles. The highest BCUT2D eigenvalue weighted by molar-refractivity contribution is 7.80. The molecule has 0 atom stereocenters. The molecule has 2 aromatic rings. The van der Waals surface area contributed by atoms with Crippen molar-refractivity contribution in [3.63, 3.8) is 0 Å². The zero-order valence-corrected chi connectivity index (χ0v) is 19.1. The lowest BCUT2D eigenvalue weighted by molar-refractivity contribution is 0.0388. The number of piperidine rings is 1. The van der Waals surface area contributed by atoms with E-state index >= 15 is 0 Å². The highest BCUT2D eigenvalue weighted by Crippen LogP contribution is 2.27. The molecule has 2 fully saturated rings. The van der Waals surface area contributed by atoms with Crippen LogP contribution in [0.2, 0.25) is 0 Å². The fraction of sp³-hybridized carbons (Fsp3) is 0.565. The summed E-state index contributed by atoms with van der Waals surface area (Å²) < 4.78 is 12.9. The van der Waals surface area contributed by atoms with E-state index in [0.29, 0.717) is 5.92 Å². The molecule has 7 nitrogen and oxygen atoms in total. The second kappa shape index (κ2) is 10.9. The average molecular weight is 444 g/mol. The van der Waals surface area contributed by atoms with Gasteiger partial charge in [-0.05, 0) is 42.8 Å². The average Bonchev–Trinajstić information content (AvgIpc) is 3.28. The number of likely N-dealkylation sites (tertiary alicyclic amines) is 1. The van der Waals surface area contributed by atoms with Gasteiger partial charge in [-0.1, -0.05) is 12.1 Å². The maximum atomic E-state index is 5.65. The van der Waals surface area contributed by atoms with Crippen molar-refractivity contribution in [1.82, 2.24) is 24.7 Å². The third-order valence-electron chi connectivity index (χ3n) is 6.21. The first-order valence-corrected chi connectivity index (χ1v) is 11.6. The van der Waals surface area contributed by atoms with Crippen LogP contribution >= 0.6 is 12.2 Å². The Hall–Kier alpha value is -2.16. The van der Waals surface area contributed by atoms with Gasteiger partial charge in [0, 0.05) is 64.1 Å². The standard InChI is InChI=1S/C23H33N5O2S/c1-29-21-4-2-19(3-5-21)18-28-13-9-24-22(28)20-6-10-27(11-7-20)23(31)25-8-12-26-14-16-30-17-15-26/h2-5,9,13,20H,6-8,10-12,14-18H2,1H3,(H,25,31). The summed E-state index contributed by atoms with van der Waals surface area (Å²) in [6.45, 7) is 8.41. The molecule has 1 N–H and O–H groups in total. The number of aromatic nitrogens is 2. The predicted molar refractivity (Wildman–Crippen MR) is 126 cm³/mol. The smallest absolute Gasteiger partial charge is 0.168 e. The summed E-state index contributed by atoms with van der Waals surface area (Å²) in [6.07, 6.45) is 6.16. The van der Waals surface area contributed by atoms with Crippen LogP contribution in [0.5, 0.6) is 5.75 Å². The molecule has 8 heteroatoms. The molecule has 0 amide bonds. The third-order valence-corrected chi connectivity index (χ3v) is 6.62. The molecule has 168 valence electrons. The quantitative estimate of drug-likeness (QED) is 0.659. The lowest BCUT2D eigenvalue weighted by Gasteiger charge is -2.34. The van der Waals surface area contributed by atoms with Crippen molar-refractivity contribution in [3.05, 3.63) is 48.0 Å². The number of nitrogens with one attached hydrogen (secondary N) is 1. The molecular weight excluding hydrogens is 410 g/mol. The Morgan fingerprint density at radius 1 is 1.16 bits per heavy atom. The Morgan fingerprint density at radius 2 is 1.90 bits per heavy atom. The van der Waals surface area contributed by atoms with Crippen LogP contribution in [0.15, 0.2) is 36.7 Å². The molecule has 2 aliphatic heterocycles.